The van der Waals surface area contributed by atoms with E-state index in [1.54, 1.807) is 4.90 Å². The Hall–Kier alpha value is -2.19. The van der Waals surface area contributed by atoms with Crippen LogP contribution in [0.25, 0.3) is 17.1 Å². The predicted octanol–water partition coefficient (Wildman–Crippen LogP) is 5.37. The van der Waals surface area contributed by atoms with Crippen LogP contribution in [-0.2, 0) is 16.6 Å². The van der Waals surface area contributed by atoms with Gasteiger partial charge in [0.15, 0.2) is 0 Å². The second-order valence-electron chi connectivity index (χ2n) is 7.82. The maximum absolute atomic E-state index is 12.8. The number of carboxylic acid groups (broad SMARTS) is 1. The van der Waals surface area contributed by atoms with E-state index in [1.165, 1.54) is 11.8 Å². The summed E-state index contributed by atoms with van der Waals surface area (Å²) in [5.41, 5.74) is 1.94. The fourth-order valence-electron chi connectivity index (χ4n) is 3.71. The molecule has 1 aliphatic heterocycles. The molecule has 1 aliphatic rings. The molecular formula is C23H29N3O3S2. The molecule has 0 aliphatic carbocycles. The van der Waals surface area contributed by atoms with Gasteiger partial charge in [0, 0.05) is 26.1 Å². The van der Waals surface area contributed by atoms with Gasteiger partial charge in [-0.05, 0) is 25.0 Å². The first-order valence-corrected chi connectivity index (χ1v) is 12.1. The molecule has 0 spiro atoms. The first kappa shape index (κ1) is 23.5. The molecule has 1 N–H and O–H groups in total. The van der Waals surface area contributed by atoms with Crippen LogP contribution >= 0.6 is 24.0 Å². The molecule has 31 heavy (non-hydrogen) atoms. The van der Waals surface area contributed by atoms with E-state index in [4.69, 9.17) is 17.3 Å². The number of fused-ring (bicyclic) bond motifs is 1. The Labute approximate surface area is 192 Å². The third-order valence-corrected chi connectivity index (χ3v) is 6.86. The Balaban J connectivity index is 1.42. The third-order valence-electron chi connectivity index (χ3n) is 5.48. The summed E-state index contributed by atoms with van der Waals surface area (Å²) in [7, 11) is 1.95. The van der Waals surface area contributed by atoms with E-state index in [9.17, 15) is 9.59 Å². The summed E-state index contributed by atoms with van der Waals surface area (Å²) >= 11 is 6.80. The number of imidazole rings is 1. The molecule has 1 amide bonds. The van der Waals surface area contributed by atoms with Crippen molar-refractivity contribution < 1.29 is 14.7 Å². The monoisotopic (exact) mass is 459 g/mol. The quantitative estimate of drug-likeness (QED) is 0.261. The Morgan fingerprint density at radius 3 is 2.42 bits per heavy atom. The largest absolute Gasteiger partial charge is 0.481 e. The van der Waals surface area contributed by atoms with Gasteiger partial charge in [0.05, 0.1) is 15.9 Å². The second kappa shape index (κ2) is 11.4. The molecule has 166 valence electrons. The second-order valence-corrected chi connectivity index (χ2v) is 9.50. The summed E-state index contributed by atoms with van der Waals surface area (Å²) < 4.78 is 2.61. The molecule has 0 bridgehead atoms. The van der Waals surface area contributed by atoms with Crippen LogP contribution in [0.3, 0.4) is 0 Å². The van der Waals surface area contributed by atoms with Crippen molar-refractivity contribution in [3.05, 3.63) is 35.0 Å². The van der Waals surface area contributed by atoms with Gasteiger partial charge in [0.25, 0.3) is 5.91 Å². The van der Waals surface area contributed by atoms with Gasteiger partial charge in [-0.2, -0.15) is 0 Å². The van der Waals surface area contributed by atoms with E-state index in [2.05, 4.69) is 4.98 Å². The molecule has 8 heteroatoms. The fraction of sp³-hybridized carbons (Fsp3) is 0.478. The van der Waals surface area contributed by atoms with Crippen LogP contribution in [0.4, 0.5) is 0 Å². The van der Waals surface area contributed by atoms with Crippen molar-refractivity contribution in [3.8, 4) is 0 Å². The van der Waals surface area contributed by atoms with Crippen LogP contribution in [-0.4, -0.2) is 42.3 Å². The molecule has 0 radical (unpaired) electrons. The van der Waals surface area contributed by atoms with E-state index in [-0.39, 0.29) is 12.3 Å². The number of aliphatic carboxylic acids is 1. The number of carboxylic acids is 1. The molecule has 1 saturated heterocycles. The van der Waals surface area contributed by atoms with Gasteiger partial charge >= 0.3 is 5.97 Å². The van der Waals surface area contributed by atoms with E-state index in [0.717, 1.165) is 68.2 Å². The number of unbranched alkanes of at least 4 members (excludes halogenated alkanes) is 7. The van der Waals surface area contributed by atoms with Crippen molar-refractivity contribution in [1.29, 1.82) is 0 Å². The molecule has 1 aromatic carbocycles. The summed E-state index contributed by atoms with van der Waals surface area (Å²) in [4.78, 5) is 30.3. The minimum absolute atomic E-state index is 0.0273. The van der Waals surface area contributed by atoms with Gasteiger partial charge in [-0.25, -0.2) is 4.98 Å². The van der Waals surface area contributed by atoms with Crippen LogP contribution in [0, 0.1) is 0 Å². The lowest BCUT2D eigenvalue weighted by Crippen LogP contribution is -2.29. The van der Waals surface area contributed by atoms with E-state index >= 15 is 0 Å². The number of rotatable bonds is 12. The first-order valence-electron chi connectivity index (χ1n) is 10.9. The van der Waals surface area contributed by atoms with Crippen molar-refractivity contribution in [2.24, 2.45) is 7.05 Å². The van der Waals surface area contributed by atoms with Crippen molar-refractivity contribution >= 4 is 57.3 Å². The predicted molar refractivity (Wildman–Crippen MR) is 130 cm³/mol. The molecule has 1 aromatic heterocycles. The summed E-state index contributed by atoms with van der Waals surface area (Å²) in [5.74, 6) is 0.0180. The highest BCUT2D eigenvalue weighted by atomic mass is 32.2. The number of benzene rings is 1. The Morgan fingerprint density at radius 2 is 1.74 bits per heavy atom. The molecule has 6 nitrogen and oxygen atoms in total. The first-order chi connectivity index (χ1) is 15.0. The number of carbonyl (C=O) groups excluding carboxylic acids is 1. The number of nitrogens with zero attached hydrogens (tertiary/aromatic N) is 3. The number of aryl methyl sites for hydroxylation is 1. The molecule has 2 heterocycles. The molecule has 0 atom stereocenters. The van der Waals surface area contributed by atoms with Gasteiger partial charge in [-0.1, -0.05) is 74.6 Å². The van der Waals surface area contributed by atoms with Crippen LogP contribution in [0.2, 0.25) is 0 Å². The van der Waals surface area contributed by atoms with Crippen molar-refractivity contribution in [1.82, 2.24) is 14.5 Å². The number of hydrogen-bond donors (Lipinski definition) is 1. The topological polar surface area (TPSA) is 75.4 Å². The van der Waals surface area contributed by atoms with E-state index in [1.807, 2.05) is 42.0 Å². The minimum Gasteiger partial charge on any atom is -0.481 e. The Kier molecular flexibility index (Phi) is 8.66. The fourth-order valence-corrected chi connectivity index (χ4v) is 4.99. The lowest BCUT2D eigenvalue weighted by molar-refractivity contribution is -0.137. The lowest BCUT2D eigenvalue weighted by atomic mass is 10.1. The average Bonchev–Trinajstić information content (AvgIpc) is 3.20. The number of para-hydroxylation sites is 2. The van der Waals surface area contributed by atoms with Gasteiger partial charge < -0.3 is 9.67 Å². The Morgan fingerprint density at radius 1 is 1.10 bits per heavy atom. The molecular weight excluding hydrogens is 430 g/mol. The van der Waals surface area contributed by atoms with Crippen LogP contribution in [0.1, 0.15) is 63.6 Å². The highest BCUT2D eigenvalue weighted by molar-refractivity contribution is 8.26. The van der Waals surface area contributed by atoms with Crippen LogP contribution < -0.4 is 0 Å². The number of carbonyl (C=O) groups is 2. The SMILES string of the molecule is Cn1c(C=C2SC(=S)N(CCCCCCCCCCC(=O)O)C2=O)nc2ccccc21. The van der Waals surface area contributed by atoms with E-state index in [0.29, 0.717) is 15.8 Å². The highest BCUT2D eigenvalue weighted by Crippen LogP contribution is 2.33. The maximum atomic E-state index is 12.8. The normalized spacial score (nSPS) is 15.5. The zero-order chi connectivity index (χ0) is 22.2. The molecule has 2 aromatic rings. The smallest absolute Gasteiger partial charge is 0.303 e. The average molecular weight is 460 g/mol. The summed E-state index contributed by atoms with van der Waals surface area (Å²) in [5, 5.41) is 8.63. The van der Waals surface area contributed by atoms with Gasteiger partial charge in [0.2, 0.25) is 0 Å². The van der Waals surface area contributed by atoms with Crippen molar-refractivity contribution in [3.63, 3.8) is 0 Å². The number of thioether (sulfide) groups is 1. The van der Waals surface area contributed by atoms with Crippen LogP contribution in [0.5, 0.6) is 0 Å². The third kappa shape index (κ3) is 6.40. The molecule has 0 saturated carbocycles. The van der Waals surface area contributed by atoms with E-state index < -0.39 is 5.97 Å². The summed E-state index contributed by atoms with van der Waals surface area (Å²) in [6.45, 7) is 0.656. The lowest BCUT2D eigenvalue weighted by Gasteiger charge is -2.14. The maximum Gasteiger partial charge on any atom is 0.303 e. The zero-order valence-electron chi connectivity index (χ0n) is 17.9. The van der Waals surface area contributed by atoms with Crippen LogP contribution in [0.15, 0.2) is 29.2 Å². The standard InChI is InChI=1S/C23H29N3O3S2/c1-25-18-13-10-9-12-17(18)24-20(25)16-19-22(29)26(23(30)31-19)15-11-7-5-3-2-4-6-8-14-21(27)28/h9-10,12-13,16H,2-8,11,14-15H2,1H3,(H,27,28). The number of thiocarbonyl (C=S) groups is 1. The summed E-state index contributed by atoms with van der Waals surface area (Å²) in [6.07, 6.45) is 10.4. The number of hydrogen-bond acceptors (Lipinski definition) is 5. The van der Waals surface area contributed by atoms with Gasteiger partial charge in [0.1, 0.15) is 10.1 Å². The summed E-state index contributed by atoms with van der Waals surface area (Å²) in [6, 6.07) is 7.92. The Bertz CT molecular complexity index is 984. The van der Waals surface area contributed by atoms with Crippen molar-refractivity contribution in [2.75, 3.05) is 6.54 Å². The molecule has 0 unspecified atom stereocenters. The van der Waals surface area contributed by atoms with Crippen molar-refractivity contribution in [2.45, 2.75) is 57.8 Å². The minimum atomic E-state index is -0.709. The number of amides is 1. The van der Waals surface area contributed by atoms with Gasteiger partial charge in [-0.15, -0.1) is 0 Å². The zero-order valence-corrected chi connectivity index (χ0v) is 19.5. The molecule has 3 rings (SSSR count). The number of aromatic nitrogens is 2. The van der Waals surface area contributed by atoms with Gasteiger partial charge in [-0.3, -0.25) is 14.5 Å². The highest BCUT2D eigenvalue weighted by Gasteiger charge is 2.31. The molecule has 1 fully saturated rings.